The van der Waals surface area contributed by atoms with E-state index in [1.165, 1.54) is 12.3 Å². The van der Waals surface area contributed by atoms with Crippen LogP contribution in [0.25, 0.3) is 10.9 Å². The van der Waals surface area contributed by atoms with Crippen LogP contribution in [-0.2, 0) is 15.4 Å². The number of hydrogen-bond donors (Lipinski definition) is 4. The molecule has 8 nitrogen and oxygen atoms in total. The van der Waals surface area contributed by atoms with Crippen LogP contribution in [0.5, 0.6) is 5.75 Å². The number of para-hydroxylation sites is 1. The fraction of sp³-hybridized carbons (Fsp3) is 0.333. The Morgan fingerprint density at radius 1 is 0.971 bits per heavy atom. The Bertz CT molecular complexity index is 1340. The first kappa shape index (κ1) is 32.1. The molecule has 1 aromatic heterocycles. The van der Waals surface area contributed by atoms with Crippen LogP contribution in [0.1, 0.15) is 63.0 Å². The summed E-state index contributed by atoms with van der Waals surface area (Å²) in [7, 11) is -4.85. The van der Waals surface area contributed by atoms with E-state index in [-0.39, 0.29) is 70.4 Å². The molecule has 0 atom stereocenters. The molecule has 11 heteroatoms. The van der Waals surface area contributed by atoms with Crippen molar-refractivity contribution >= 4 is 89.4 Å². The summed E-state index contributed by atoms with van der Waals surface area (Å²) in [5.41, 5.74) is 0.802. The standard InChI is InChI=1S/C24H29N2O6P.2Na.2H/c1-23(2,3)16-11-17(24(4,5)6)20(32-33(29,30)31)12-19(16)26-22(28)15-13-25-18-10-8-7-9-14(18)21(15)27;;;;/h7-13H,1-6H3,(H,25,27)(H,26,28)(H2,29,30,31);;;;. The van der Waals surface area contributed by atoms with Crippen LogP contribution >= 0.6 is 7.82 Å². The van der Waals surface area contributed by atoms with Gasteiger partial charge in [0.2, 0.25) is 5.43 Å². The van der Waals surface area contributed by atoms with Crippen LogP contribution in [0, 0.1) is 0 Å². The second kappa shape index (κ2) is 11.6. The molecule has 0 aliphatic heterocycles. The van der Waals surface area contributed by atoms with Crippen molar-refractivity contribution in [3.05, 3.63) is 69.5 Å². The van der Waals surface area contributed by atoms with Crippen LogP contribution < -0.4 is 15.3 Å². The predicted octanol–water partition coefficient (Wildman–Crippen LogP) is 3.55. The van der Waals surface area contributed by atoms with Crippen LogP contribution in [0.2, 0.25) is 0 Å². The summed E-state index contributed by atoms with van der Waals surface area (Å²) in [6.45, 7) is 11.6. The number of anilines is 1. The normalized spacial score (nSPS) is 11.9. The van der Waals surface area contributed by atoms with Crippen LogP contribution in [0.15, 0.2) is 47.4 Å². The Morgan fingerprint density at radius 3 is 2.09 bits per heavy atom. The molecule has 0 unspecified atom stereocenters. The summed E-state index contributed by atoms with van der Waals surface area (Å²) >= 11 is 0. The van der Waals surface area contributed by atoms with Gasteiger partial charge in [-0.15, -0.1) is 0 Å². The van der Waals surface area contributed by atoms with Crippen molar-refractivity contribution in [2.45, 2.75) is 52.4 Å². The van der Waals surface area contributed by atoms with Gasteiger partial charge in [0.15, 0.2) is 0 Å². The minimum atomic E-state index is -4.85. The summed E-state index contributed by atoms with van der Waals surface area (Å²) in [4.78, 5) is 47.8. The second-order valence-electron chi connectivity index (χ2n) is 10.0. The molecule has 0 saturated heterocycles. The van der Waals surface area contributed by atoms with Gasteiger partial charge in [-0.05, 0) is 34.6 Å². The van der Waals surface area contributed by atoms with E-state index >= 15 is 0 Å². The molecule has 0 saturated carbocycles. The third kappa shape index (κ3) is 7.78. The molecule has 4 N–H and O–H groups in total. The number of phosphoric acid groups is 1. The first-order valence-electron chi connectivity index (χ1n) is 10.4. The number of amides is 1. The maximum atomic E-state index is 13.1. The molecular formula is C24H31N2Na2O6P. The van der Waals surface area contributed by atoms with Crippen molar-refractivity contribution in [3.63, 3.8) is 0 Å². The fourth-order valence-electron chi connectivity index (χ4n) is 3.62. The molecule has 3 rings (SSSR count). The zero-order chi connectivity index (χ0) is 24.8. The van der Waals surface area contributed by atoms with Crippen molar-refractivity contribution < 1.29 is 23.7 Å². The van der Waals surface area contributed by atoms with Crippen LogP contribution in [0.3, 0.4) is 0 Å². The van der Waals surface area contributed by atoms with Gasteiger partial charge < -0.3 is 14.8 Å². The molecule has 2 aromatic carbocycles. The number of aromatic amines is 1. The molecular weight excluding hydrogens is 489 g/mol. The summed E-state index contributed by atoms with van der Waals surface area (Å²) < 4.78 is 16.6. The van der Waals surface area contributed by atoms with E-state index in [1.54, 1.807) is 30.3 Å². The molecule has 0 fully saturated rings. The van der Waals surface area contributed by atoms with Crippen LogP contribution in [0.4, 0.5) is 5.69 Å². The fourth-order valence-corrected chi connectivity index (χ4v) is 4.03. The van der Waals surface area contributed by atoms with Gasteiger partial charge in [0.1, 0.15) is 11.3 Å². The first-order chi connectivity index (χ1) is 15.1. The van der Waals surface area contributed by atoms with Gasteiger partial charge >= 0.3 is 66.9 Å². The third-order valence-corrected chi connectivity index (χ3v) is 5.67. The maximum absolute atomic E-state index is 13.1. The van der Waals surface area contributed by atoms with Crippen LogP contribution in [-0.4, -0.2) is 79.8 Å². The number of fused-ring (bicyclic) bond motifs is 1. The topological polar surface area (TPSA) is 129 Å². The Labute approximate surface area is 249 Å². The number of rotatable bonds is 4. The van der Waals surface area contributed by atoms with E-state index in [1.807, 2.05) is 41.5 Å². The molecule has 1 heterocycles. The molecule has 0 spiro atoms. The van der Waals surface area contributed by atoms with E-state index < -0.39 is 30.0 Å². The van der Waals surface area contributed by atoms with Crippen molar-refractivity contribution in [1.29, 1.82) is 0 Å². The third-order valence-electron chi connectivity index (χ3n) is 5.23. The van der Waals surface area contributed by atoms with Crippen molar-refractivity contribution in [3.8, 4) is 5.75 Å². The van der Waals surface area contributed by atoms with Gasteiger partial charge in [-0.3, -0.25) is 19.4 Å². The molecule has 0 aliphatic rings. The molecule has 0 bridgehead atoms. The molecule has 0 aliphatic carbocycles. The Balaban J connectivity index is 0.00000306. The summed E-state index contributed by atoms with van der Waals surface area (Å²) in [5.74, 6) is -0.676. The number of carbonyl (C=O) groups is 1. The van der Waals surface area contributed by atoms with Crippen molar-refractivity contribution in [1.82, 2.24) is 4.98 Å². The number of phosphoric ester groups is 1. The van der Waals surface area contributed by atoms with E-state index in [0.717, 1.165) is 5.56 Å². The number of nitrogens with one attached hydrogen (secondary N) is 2. The monoisotopic (exact) mass is 520 g/mol. The van der Waals surface area contributed by atoms with E-state index in [2.05, 4.69) is 10.3 Å². The first-order valence-corrected chi connectivity index (χ1v) is 12.0. The summed E-state index contributed by atoms with van der Waals surface area (Å²) in [5, 5.41) is 3.14. The summed E-state index contributed by atoms with van der Waals surface area (Å²) in [6.07, 6.45) is 1.35. The van der Waals surface area contributed by atoms with Gasteiger partial charge in [-0.2, -0.15) is 0 Å². The number of hydrogen-bond acceptors (Lipinski definition) is 4. The SMILES string of the molecule is CC(C)(C)c1cc(C(C)(C)C)c(OP(=O)(O)O)cc1NC(=O)c1c[nH]c2ccccc2c1=O.[NaH].[NaH]. The average molecular weight is 520 g/mol. The Hall–Kier alpha value is -0.930. The van der Waals surface area contributed by atoms with Gasteiger partial charge in [-0.1, -0.05) is 53.7 Å². The molecule has 3 aromatic rings. The number of pyridine rings is 1. The molecule has 0 radical (unpaired) electrons. The van der Waals surface area contributed by atoms with Gasteiger partial charge in [0.05, 0.1) is 0 Å². The second-order valence-corrected chi connectivity index (χ2v) is 11.2. The quantitative estimate of drug-likeness (QED) is 0.308. The minimum absolute atomic E-state index is 0. The molecule has 1 amide bonds. The van der Waals surface area contributed by atoms with E-state index in [9.17, 15) is 23.9 Å². The number of carbonyl (C=O) groups excluding carboxylic acids is 1. The Kier molecular flexibility index (Phi) is 10.7. The number of H-pyrrole nitrogens is 1. The zero-order valence-corrected chi connectivity index (χ0v) is 20.4. The van der Waals surface area contributed by atoms with E-state index in [0.29, 0.717) is 22.2 Å². The zero-order valence-electron chi connectivity index (χ0n) is 19.5. The molecule has 180 valence electrons. The van der Waals surface area contributed by atoms with Gasteiger partial charge in [0, 0.05) is 34.4 Å². The van der Waals surface area contributed by atoms with Gasteiger partial charge in [-0.25, -0.2) is 4.57 Å². The number of benzene rings is 2. The van der Waals surface area contributed by atoms with E-state index in [4.69, 9.17) is 4.52 Å². The van der Waals surface area contributed by atoms with Crippen molar-refractivity contribution in [2.75, 3.05) is 5.32 Å². The van der Waals surface area contributed by atoms with Gasteiger partial charge in [0.25, 0.3) is 5.91 Å². The predicted molar refractivity (Wildman–Crippen MR) is 143 cm³/mol. The average Bonchev–Trinajstić information content (AvgIpc) is 2.65. The molecule has 35 heavy (non-hydrogen) atoms. The number of aromatic nitrogens is 1. The Morgan fingerprint density at radius 2 is 1.54 bits per heavy atom. The van der Waals surface area contributed by atoms with Crippen molar-refractivity contribution in [2.24, 2.45) is 0 Å². The summed E-state index contributed by atoms with van der Waals surface area (Å²) in [6, 6.07) is 10.1.